The van der Waals surface area contributed by atoms with Gasteiger partial charge in [-0.1, -0.05) is 23.8 Å². The summed E-state index contributed by atoms with van der Waals surface area (Å²) in [6.45, 7) is 6.84. The summed E-state index contributed by atoms with van der Waals surface area (Å²) in [4.78, 5) is 17.0. The van der Waals surface area contributed by atoms with Crippen LogP contribution in [0.25, 0.3) is 0 Å². The molecule has 1 aromatic rings. The fourth-order valence-corrected chi connectivity index (χ4v) is 3.07. The molecule has 20 heavy (non-hydrogen) atoms. The van der Waals surface area contributed by atoms with Gasteiger partial charge >= 0.3 is 0 Å². The number of hydrogen-bond donors (Lipinski definition) is 0. The van der Waals surface area contributed by atoms with E-state index in [1.165, 1.54) is 24.9 Å². The van der Waals surface area contributed by atoms with E-state index in [9.17, 15) is 4.79 Å². The minimum absolute atomic E-state index is 0.234. The molecule has 1 aromatic carbocycles. The zero-order chi connectivity index (χ0) is 14.7. The molecule has 1 fully saturated rings. The van der Waals surface area contributed by atoms with E-state index in [1.54, 1.807) is 0 Å². The van der Waals surface area contributed by atoms with Crippen LogP contribution in [-0.4, -0.2) is 55.4 Å². The molecule has 0 aromatic heterocycles. The molecule has 0 aliphatic carbocycles. The molecule has 1 atom stereocenters. The molecule has 1 heterocycles. The van der Waals surface area contributed by atoms with Gasteiger partial charge in [0.25, 0.3) is 0 Å². The summed E-state index contributed by atoms with van der Waals surface area (Å²) in [6.07, 6.45) is 2.42. The van der Waals surface area contributed by atoms with E-state index in [0.717, 1.165) is 17.7 Å². The molecule has 0 N–H and O–H groups in total. The zero-order valence-electron chi connectivity index (χ0n) is 13.1. The first-order valence-corrected chi connectivity index (χ1v) is 7.46. The molecule has 1 aliphatic heterocycles. The number of aryl methyl sites for hydroxylation is 2. The molecule has 0 amide bonds. The summed E-state index contributed by atoms with van der Waals surface area (Å²) in [7, 11) is 4.23. The molecule has 1 saturated heterocycles. The van der Waals surface area contributed by atoms with Crippen LogP contribution in [0.4, 0.5) is 0 Å². The highest BCUT2D eigenvalue weighted by atomic mass is 16.1. The molecule has 1 aliphatic rings. The average Bonchev–Trinajstić information content (AvgIpc) is 2.38. The highest BCUT2D eigenvalue weighted by Crippen LogP contribution is 2.16. The van der Waals surface area contributed by atoms with E-state index in [-0.39, 0.29) is 5.78 Å². The number of likely N-dealkylation sites (tertiary alicyclic amines) is 1. The quantitative estimate of drug-likeness (QED) is 0.788. The van der Waals surface area contributed by atoms with Crippen LogP contribution in [0.2, 0.25) is 0 Å². The minimum Gasteiger partial charge on any atom is -0.305 e. The molecule has 3 heteroatoms. The molecule has 3 nitrogen and oxygen atoms in total. The lowest BCUT2D eigenvalue weighted by Gasteiger charge is -2.35. The second-order valence-corrected chi connectivity index (χ2v) is 6.21. The first-order valence-electron chi connectivity index (χ1n) is 7.46. The second kappa shape index (κ2) is 6.51. The second-order valence-electron chi connectivity index (χ2n) is 6.21. The standard InChI is InChI=1S/C17H26N2O/c1-13-7-8-16(14(2)10-13)17(20)12-19(4)15-6-5-9-18(3)11-15/h7-8,10,15H,5-6,9,11-12H2,1-4H3. The predicted molar refractivity (Wildman–Crippen MR) is 83.4 cm³/mol. The number of rotatable bonds is 4. The summed E-state index contributed by atoms with van der Waals surface area (Å²) < 4.78 is 0. The highest BCUT2D eigenvalue weighted by Gasteiger charge is 2.23. The van der Waals surface area contributed by atoms with Gasteiger partial charge in [-0.2, -0.15) is 0 Å². The fraction of sp³-hybridized carbons (Fsp3) is 0.588. The van der Waals surface area contributed by atoms with Crippen molar-refractivity contribution < 1.29 is 4.79 Å². The molecule has 0 radical (unpaired) electrons. The summed E-state index contributed by atoms with van der Waals surface area (Å²) in [5, 5.41) is 0. The number of Topliss-reactive ketones (excluding diaryl/α,β-unsaturated/α-hetero) is 1. The summed E-state index contributed by atoms with van der Waals surface area (Å²) in [5.74, 6) is 0.234. The Morgan fingerprint density at radius 3 is 2.80 bits per heavy atom. The highest BCUT2D eigenvalue weighted by molar-refractivity contribution is 5.98. The Labute approximate surface area is 122 Å². The van der Waals surface area contributed by atoms with Crippen LogP contribution in [0, 0.1) is 13.8 Å². The van der Waals surface area contributed by atoms with Gasteiger partial charge < -0.3 is 4.90 Å². The Bertz CT molecular complexity index is 484. The van der Waals surface area contributed by atoms with Crippen molar-refractivity contribution in [1.29, 1.82) is 0 Å². The molecule has 1 unspecified atom stereocenters. The van der Waals surface area contributed by atoms with E-state index in [0.29, 0.717) is 12.6 Å². The van der Waals surface area contributed by atoms with Crippen LogP contribution in [0.15, 0.2) is 18.2 Å². The number of nitrogens with zero attached hydrogens (tertiary/aromatic N) is 2. The van der Waals surface area contributed by atoms with Gasteiger partial charge in [0.2, 0.25) is 0 Å². The van der Waals surface area contributed by atoms with Crippen molar-refractivity contribution in [2.24, 2.45) is 0 Å². The van der Waals surface area contributed by atoms with E-state index in [2.05, 4.69) is 36.9 Å². The Morgan fingerprint density at radius 2 is 2.15 bits per heavy atom. The van der Waals surface area contributed by atoms with Crippen molar-refractivity contribution in [2.75, 3.05) is 33.7 Å². The number of benzene rings is 1. The third kappa shape index (κ3) is 3.68. The van der Waals surface area contributed by atoms with Crippen LogP contribution in [0.3, 0.4) is 0 Å². The van der Waals surface area contributed by atoms with Gasteiger partial charge in [-0.15, -0.1) is 0 Å². The van der Waals surface area contributed by atoms with Gasteiger partial charge in [-0.05, 0) is 52.9 Å². The molecule has 0 spiro atoms. The largest absolute Gasteiger partial charge is 0.305 e. The van der Waals surface area contributed by atoms with Crippen molar-refractivity contribution >= 4 is 5.78 Å². The lowest BCUT2D eigenvalue weighted by atomic mass is 10.0. The Kier molecular flexibility index (Phi) is 4.95. The normalized spacial score (nSPS) is 20.4. The van der Waals surface area contributed by atoms with Gasteiger partial charge in [-0.3, -0.25) is 9.69 Å². The smallest absolute Gasteiger partial charge is 0.177 e. The first-order chi connectivity index (χ1) is 9.47. The number of likely N-dealkylation sites (N-methyl/N-ethyl adjacent to an activating group) is 2. The summed E-state index contributed by atoms with van der Waals surface area (Å²) in [5.41, 5.74) is 3.16. The van der Waals surface area contributed by atoms with E-state index in [1.807, 2.05) is 19.1 Å². The molecule has 0 bridgehead atoms. The van der Waals surface area contributed by atoms with Crippen LogP contribution >= 0.6 is 0 Å². The van der Waals surface area contributed by atoms with Crippen molar-refractivity contribution in [3.05, 3.63) is 34.9 Å². The SMILES string of the molecule is Cc1ccc(C(=O)CN(C)C2CCCN(C)C2)c(C)c1. The van der Waals surface area contributed by atoms with Crippen molar-refractivity contribution in [2.45, 2.75) is 32.7 Å². The first kappa shape index (κ1) is 15.2. The maximum Gasteiger partial charge on any atom is 0.177 e. The third-order valence-corrected chi connectivity index (χ3v) is 4.30. The van der Waals surface area contributed by atoms with Crippen molar-refractivity contribution in [3.63, 3.8) is 0 Å². The summed E-state index contributed by atoms with van der Waals surface area (Å²) >= 11 is 0. The van der Waals surface area contributed by atoms with Gasteiger partial charge in [-0.25, -0.2) is 0 Å². The van der Waals surface area contributed by atoms with E-state index in [4.69, 9.17) is 0 Å². The van der Waals surface area contributed by atoms with Gasteiger partial charge in [0.1, 0.15) is 0 Å². The number of carbonyl (C=O) groups excluding carboxylic acids is 1. The lowest BCUT2D eigenvalue weighted by molar-refractivity contribution is 0.0857. The predicted octanol–water partition coefficient (Wildman–Crippen LogP) is 2.51. The third-order valence-electron chi connectivity index (χ3n) is 4.30. The van der Waals surface area contributed by atoms with Gasteiger partial charge in [0.05, 0.1) is 6.54 Å². The van der Waals surface area contributed by atoms with Gasteiger partial charge in [0, 0.05) is 18.2 Å². The fourth-order valence-electron chi connectivity index (χ4n) is 3.07. The van der Waals surface area contributed by atoms with Crippen LogP contribution in [-0.2, 0) is 0 Å². The maximum absolute atomic E-state index is 12.5. The van der Waals surface area contributed by atoms with E-state index < -0.39 is 0 Å². The number of ketones is 1. The topological polar surface area (TPSA) is 23.6 Å². The Balaban J connectivity index is 1.99. The van der Waals surface area contributed by atoms with Crippen LogP contribution in [0.1, 0.15) is 34.3 Å². The van der Waals surface area contributed by atoms with Crippen LogP contribution < -0.4 is 0 Å². The number of hydrogen-bond acceptors (Lipinski definition) is 3. The van der Waals surface area contributed by atoms with Crippen molar-refractivity contribution in [3.8, 4) is 0 Å². The molecule has 0 saturated carbocycles. The molecule has 110 valence electrons. The molecule has 2 rings (SSSR count). The molecular formula is C17H26N2O. The Hall–Kier alpha value is -1.19. The monoisotopic (exact) mass is 274 g/mol. The minimum atomic E-state index is 0.234. The average molecular weight is 274 g/mol. The maximum atomic E-state index is 12.5. The van der Waals surface area contributed by atoms with Gasteiger partial charge in [0.15, 0.2) is 5.78 Å². The zero-order valence-corrected chi connectivity index (χ0v) is 13.1. The van der Waals surface area contributed by atoms with Crippen molar-refractivity contribution in [1.82, 2.24) is 9.80 Å². The van der Waals surface area contributed by atoms with E-state index >= 15 is 0 Å². The lowest BCUT2D eigenvalue weighted by Crippen LogP contribution is -2.46. The molecular weight excluding hydrogens is 248 g/mol. The number of carbonyl (C=O) groups is 1. The Morgan fingerprint density at radius 1 is 1.40 bits per heavy atom. The number of piperidine rings is 1. The summed E-state index contributed by atoms with van der Waals surface area (Å²) in [6, 6.07) is 6.58. The van der Waals surface area contributed by atoms with Crippen LogP contribution in [0.5, 0.6) is 0 Å².